The molecule has 2 aliphatic rings. The molecule has 2 heterocycles. The third kappa shape index (κ3) is 4.41. The van der Waals surface area contributed by atoms with Gasteiger partial charge in [-0.2, -0.15) is 0 Å². The van der Waals surface area contributed by atoms with Crippen LogP contribution in [0.2, 0.25) is 0 Å². The van der Waals surface area contributed by atoms with Gasteiger partial charge in [-0.15, -0.1) is 0 Å². The summed E-state index contributed by atoms with van der Waals surface area (Å²) in [7, 11) is -3.13. The molecule has 2 saturated heterocycles. The smallest absolute Gasteiger partial charge is 0.249 e. The van der Waals surface area contributed by atoms with Crippen LogP contribution in [-0.2, 0) is 19.6 Å². The van der Waals surface area contributed by atoms with Crippen LogP contribution in [0.5, 0.6) is 0 Å². The van der Waals surface area contributed by atoms with Gasteiger partial charge in [0.05, 0.1) is 11.9 Å². The van der Waals surface area contributed by atoms with E-state index < -0.39 is 16.1 Å². The normalized spacial score (nSPS) is 27.9. The van der Waals surface area contributed by atoms with Crippen molar-refractivity contribution in [2.45, 2.75) is 57.3 Å². The molecule has 0 saturated carbocycles. The summed E-state index contributed by atoms with van der Waals surface area (Å²) in [6.45, 7) is 3.26. The van der Waals surface area contributed by atoms with E-state index in [0.717, 1.165) is 6.42 Å². The third-order valence-electron chi connectivity index (χ3n) is 4.32. The van der Waals surface area contributed by atoms with Crippen molar-refractivity contribution in [3.63, 3.8) is 0 Å². The molecule has 0 aliphatic carbocycles. The molecule has 2 atom stereocenters. The summed E-state index contributed by atoms with van der Waals surface area (Å²) in [5, 5.41) is 2.98. The Morgan fingerprint density at radius 3 is 2.50 bits per heavy atom. The zero-order valence-electron chi connectivity index (χ0n) is 13.2. The number of sulfonamides is 1. The topological polar surface area (TPSA) is 102 Å². The van der Waals surface area contributed by atoms with Crippen molar-refractivity contribution in [3.05, 3.63) is 0 Å². The minimum atomic E-state index is -3.13. The van der Waals surface area contributed by atoms with Crippen LogP contribution < -0.4 is 11.1 Å². The molecule has 2 rings (SSSR count). The lowest BCUT2D eigenvalue weighted by atomic mass is 10.1. The minimum absolute atomic E-state index is 0.0169. The van der Waals surface area contributed by atoms with Crippen molar-refractivity contribution in [2.24, 2.45) is 5.73 Å². The second-order valence-electron chi connectivity index (χ2n) is 6.06. The van der Waals surface area contributed by atoms with Crippen molar-refractivity contribution >= 4 is 15.9 Å². The maximum Gasteiger partial charge on any atom is 0.249 e. The molecule has 8 heteroatoms. The first-order valence-electron chi connectivity index (χ1n) is 8.10. The average molecular weight is 333 g/mol. The fourth-order valence-electron chi connectivity index (χ4n) is 3.03. The van der Waals surface area contributed by atoms with Gasteiger partial charge in [0, 0.05) is 25.7 Å². The lowest BCUT2D eigenvalue weighted by Crippen LogP contribution is -2.49. The highest BCUT2D eigenvalue weighted by Gasteiger charge is 2.33. The van der Waals surface area contributed by atoms with E-state index in [-0.39, 0.29) is 23.8 Å². The molecule has 22 heavy (non-hydrogen) atoms. The van der Waals surface area contributed by atoms with E-state index in [1.807, 2.05) is 6.92 Å². The Kier molecular flexibility index (Phi) is 6.19. The molecule has 0 radical (unpaired) electrons. The molecule has 7 nitrogen and oxygen atoms in total. The highest BCUT2D eigenvalue weighted by Crippen LogP contribution is 2.20. The summed E-state index contributed by atoms with van der Waals surface area (Å²) in [4.78, 5) is 12.1. The van der Waals surface area contributed by atoms with Crippen molar-refractivity contribution in [1.29, 1.82) is 0 Å². The number of rotatable bonds is 6. The zero-order chi connectivity index (χ0) is 16.2. The van der Waals surface area contributed by atoms with Gasteiger partial charge in [0.1, 0.15) is 6.10 Å². The van der Waals surface area contributed by atoms with Gasteiger partial charge in [-0.25, -0.2) is 12.7 Å². The fraction of sp³-hybridized carbons (Fsp3) is 0.929. The van der Waals surface area contributed by atoms with Crippen molar-refractivity contribution < 1.29 is 17.9 Å². The molecule has 128 valence electrons. The zero-order valence-corrected chi connectivity index (χ0v) is 14.0. The lowest BCUT2D eigenvalue weighted by Gasteiger charge is -2.32. The van der Waals surface area contributed by atoms with Crippen LogP contribution in [0.15, 0.2) is 0 Å². The highest BCUT2D eigenvalue weighted by atomic mass is 32.2. The lowest BCUT2D eigenvalue weighted by molar-refractivity contribution is -0.132. The first-order valence-corrected chi connectivity index (χ1v) is 9.71. The van der Waals surface area contributed by atoms with Crippen LogP contribution >= 0.6 is 0 Å². The summed E-state index contributed by atoms with van der Waals surface area (Å²) in [6, 6.07) is 0.0288. The van der Waals surface area contributed by atoms with E-state index >= 15 is 0 Å². The van der Waals surface area contributed by atoms with Gasteiger partial charge in [-0.05, 0) is 32.1 Å². The van der Waals surface area contributed by atoms with Gasteiger partial charge in [0.25, 0.3) is 0 Å². The first kappa shape index (κ1) is 17.7. The van der Waals surface area contributed by atoms with Gasteiger partial charge < -0.3 is 15.8 Å². The molecule has 0 bridgehead atoms. The van der Waals surface area contributed by atoms with Gasteiger partial charge in [-0.3, -0.25) is 4.79 Å². The Morgan fingerprint density at radius 1 is 1.27 bits per heavy atom. The molecule has 3 N–H and O–H groups in total. The van der Waals surface area contributed by atoms with Crippen LogP contribution in [-0.4, -0.2) is 62.3 Å². The summed E-state index contributed by atoms with van der Waals surface area (Å²) in [5.74, 6) is 0.103. The Hall–Kier alpha value is -0.700. The van der Waals surface area contributed by atoms with Crippen LogP contribution in [0, 0.1) is 0 Å². The molecule has 0 aromatic heterocycles. The monoisotopic (exact) mass is 333 g/mol. The second kappa shape index (κ2) is 7.72. The Morgan fingerprint density at radius 2 is 1.95 bits per heavy atom. The van der Waals surface area contributed by atoms with Crippen molar-refractivity contribution in [1.82, 2.24) is 9.62 Å². The van der Waals surface area contributed by atoms with Gasteiger partial charge in [-0.1, -0.05) is 6.92 Å². The number of amides is 1. The largest absolute Gasteiger partial charge is 0.364 e. The molecule has 0 aromatic rings. The highest BCUT2D eigenvalue weighted by molar-refractivity contribution is 7.89. The number of nitrogens with zero attached hydrogens (tertiary/aromatic N) is 1. The maximum atomic E-state index is 12.1. The fourth-order valence-corrected chi connectivity index (χ4v) is 4.57. The van der Waals surface area contributed by atoms with Crippen LogP contribution in [0.4, 0.5) is 0 Å². The number of nitrogens with one attached hydrogen (secondary N) is 1. The predicted molar refractivity (Wildman–Crippen MR) is 83.8 cm³/mol. The van der Waals surface area contributed by atoms with E-state index in [4.69, 9.17) is 10.5 Å². The summed E-state index contributed by atoms with van der Waals surface area (Å²) in [6.07, 6.45) is 3.04. The summed E-state index contributed by atoms with van der Waals surface area (Å²) < 4.78 is 31.1. The Bertz CT molecular complexity index is 474. The van der Waals surface area contributed by atoms with E-state index in [1.165, 1.54) is 4.31 Å². The quantitative estimate of drug-likeness (QED) is 0.702. The average Bonchev–Trinajstić information content (AvgIpc) is 2.97. The van der Waals surface area contributed by atoms with E-state index in [0.29, 0.717) is 45.3 Å². The van der Waals surface area contributed by atoms with Crippen LogP contribution in [0.25, 0.3) is 0 Å². The van der Waals surface area contributed by atoms with Gasteiger partial charge >= 0.3 is 0 Å². The molecular formula is C14H27N3O4S. The SMILES string of the molecule is CCCS(=O)(=O)N1CCC(NC(=O)[C@@H]2CC[C@H](CN)O2)CC1. The van der Waals surface area contributed by atoms with Crippen LogP contribution in [0.3, 0.4) is 0 Å². The number of ether oxygens (including phenoxy) is 1. The standard InChI is InChI=1S/C14H27N3O4S/c1-2-9-22(19,20)17-7-5-11(6-8-17)16-14(18)13-4-3-12(10-15)21-13/h11-13H,2-10,15H2,1H3,(H,16,18)/t12-,13+/m1/s1. The van der Waals surface area contributed by atoms with E-state index in [9.17, 15) is 13.2 Å². The molecule has 1 amide bonds. The predicted octanol–water partition coefficient (Wildman–Crippen LogP) is -0.187. The molecular weight excluding hydrogens is 306 g/mol. The van der Waals surface area contributed by atoms with Gasteiger partial charge in [0.15, 0.2) is 0 Å². The maximum absolute atomic E-state index is 12.1. The number of nitrogens with two attached hydrogens (primary N) is 1. The summed E-state index contributed by atoms with van der Waals surface area (Å²) in [5.41, 5.74) is 5.54. The minimum Gasteiger partial charge on any atom is -0.364 e. The van der Waals surface area contributed by atoms with E-state index in [2.05, 4.69) is 5.32 Å². The molecule has 0 aromatic carbocycles. The molecule has 2 aliphatic heterocycles. The Labute approximate surface area is 132 Å². The number of hydrogen-bond acceptors (Lipinski definition) is 5. The second-order valence-corrected chi connectivity index (χ2v) is 8.15. The van der Waals surface area contributed by atoms with Gasteiger partial charge in [0.2, 0.25) is 15.9 Å². The number of carbonyl (C=O) groups excluding carboxylic acids is 1. The number of piperidine rings is 1. The number of hydrogen-bond donors (Lipinski definition) is 2. The molecule has 0 unspecified atom stereocenters. The van der Waals surface area contributed by atoms with E-state index in [1.54, 1.807) is 0 Å². The number of carbonyl (C=O) groups is 1. The first-order chi connectivity index (χ1) is 10.5. The Balaban J connectivity index is 1.77. The third-order valence-corrected chi connectivity index (χ3v) is 6.39. The van der Waals surface area contributed by atoms with Crippen molar-refractivity contribution in [2.75, 3.05) is 25.4 Å². The van der Waals surface area contributed by atoms with Crippen molar-refractivity contribution in [3.8, 4) is 0 Å². The molecule has 0 spiro atoms. The molecule has 2 fully saturated rings. The summed E-state index contributed by atoms with van der Waals surface area (Å²) >= 11 is 0. The van der Waals surface area contributed by atoms with Crippen LogP contribution in [0.1, 0.15) is 39.0 Å².